The van der Waals surface area contributed by atoms with Gasteiger partial charge in [0.05, 0.1) is 13.1 Å². The molecule has 0 aromatic heterocycles. The monoisotopic (exact) mass is 317 g/mol. The molecule has 0 radical (unpaired) electrons. The summed E-state index contributed by atoms with van der Waals surface area (Å²) in [5.74, 6) is 0.0196. The maximum absolute atomic E-state index is 12.7. The fraction of sp³-hybridized carbons (Fsp3) is 0.556. The lowest BCUT2D eigenvalue weighted by atomic mass is 10.1. The van der Waals surface area contributed by atoms with E-state index in [1.54, 1.807) is 0 Å². The van der Waals surface area contributed by atoms with Gasteiger partial charge >= 0.3 is 0 Å². The highest BCUT2D eigenvalue weighted by atomic mass is 16.2. The summed E-state index contributed by atoms with van der Waals surface area (Å²) in [5.41, 5.74) is 2.22. The number of fused-ring (bicyclic) bond motifs is 1. The number of anilines is 1. The van der Waals surface area contributed by atoms with Crippen molar-refractivity contribution in [2.75, 3.05) is 24.5 Å². The van der Waals surface area contributed by atoms with E-state index in [4.69, 9.17) is 0 Å². The Labute approximate surface area is 138 Å². The number of carbonyl (C=O) groups excluding carboxylic acids is 2. The summed E-state index contributed by atoms with van der Waals surface area (Å²) in [6.45, 7) is 9.09. The molecule has 1 heterocycles. The zero-order chi connectivity index (χ0) is 17.0. The highest BCUT2D eigenvalue weighted by molar-refractivity contribution is 5.97. The van der Waals surface area contributed by atoms with Gasteiger partial charge in [-0.25, -0.2) is 0 Å². The minimum absolute atomic E-state index is 0.0375. The van der Waals surface area contributed by atoms with Crippen molar-refractivity contribution in [2.24, 2.45) is 0 Å². The zero-order valence-corrected chi connectivity index (χ0v) is 14.5. The molecule has 0 spiro atoms. The first-order chi connectivity index (χ1) is 10.9. The normalized spacial score (nSPS) is 16.8. The van der Waals surface area contributed by atoms with Crippen molar-refractivity contribution in [2.45, 2.75) is 46.2 Å². The molecule has 0 fully saturated rings. The van der Waals surface area contributed by atoms with Crippen LogP contribution in [0.2, 0.25) is 0 Å². The summed E-state index contributed by atoms with van der Waals surface area (Å²) >= 11 is 0. The number of hydrogen-bond donors (Lipinski definition) is 1. The van der Waals surface area contributed by atoms with Crippen molar-refractivity contribution in [3.8, 4) is 0 Å². The number of rotatable bonds is 6. The standard InChI is InChI=1S/C18H27N3O2/c1-5-20(11-17(22)19-13(2)3)12-18(23)21-14(4)10-15-8-6-7-9-16(15)21/h6-9,13-14H,5,10-12H2,1-4H3,(H,19,22)/t14-/m0/s1. The summed E-state index contributed by atoms with van der Waals surface area (Å²) in [6.07, 6.45) is 0.891. The van der Waals surface area contributed by atoms with E-state index in [9.17, 15) is 9.59 Å². The number of likely N-dealkylation sites (N-methyl/N-ethyl adjacent to an activating group) is 1. The third-order valence-corrected chi connectivity index (χ3v) is 4.10. The molecule has 1 aliphatic rings. The topological polar surface area (TPSA) is 52.7 Å². The van der Waals surface area contributed by atoms with Crippen LogP contribution < -0.4 is 10.2 Å². The predicted octanol–water partition coefficient (Wildman–Crippen LogP) is 1.81. The van der Waals surface area contributed by atoms with E-state index in [0.29, 0.717) is 6.54 Å². The first-order valence-electron chi connectivity index (χ1n) is 8.34. The number of nitrogens with zero attached hydrogens (tertiary/aromatic N) is 2. The minimum Gasteiger partial charge on any atom is -0.353 e. The molecule has 0 aliphatic carbocycles. The molecular formula is C18H27N3O2. The van der Waals surface area contributed by atoms with Crippen LogP contribution in [0.1, 0.15) is 33.3 Å². The van der Waals surface area contributed by atoms with Crippen LogP contribution in [0.4, 0.5) is 5.69 Å². The second kappa shape index (κ2) is 7.59. The van der Waals surface area contributed by atoms with E-state index < -0.39 is 0 Å². The fourth-order valence-corrected chi connectivity index (χ4v) is 3.06. The molecule has 1 N–H and O–H groups in total. The van der Waals surface area contributed by atoms with Crippen LogP contribution in [0.5, 0.6) is 0 Å². The number of amides is 2. The van der Waals surface area contributed by atoms with E-state index in [2.05, 4.69) is 18.3 Å². The lowest BCUT2D eigenvalue weighted by Gasteiger charge is -2.27. The Bertz CT molecular complexity index is 571. The average molecular weight is 317 g/mol. The maximum Gasteiger partial charge on any atom is 0.241 e. The number of hydrogen-bond acceptors (Lipinski definition) is 3. The Balaban J connectivity index is 2.01. The lowest BCUT2D eigenvalue weighted by molar-refractivity contribution is -0.124. The summed E-state index contributed by atoms with van der Waals surface area (Å²) in [6, 6.07) is 8.33. The summed E-state index contributed by atoms with van der Waals surface area (Å²) < 4.78 is 0. The largest absolute Gasteiger partial charge is 0.353 e. The second-order valence-electron chi connectivity index (χ2n) is 6.47. The van der Waals surface area contributed by atoms with Crippen molar-refractivity contribution >= 4 is 17.5 Å². The summed E-state index contributed by atoms with van der Waals surface area (Å²) in [4.78, 5) is 28.4. The van der Waals surface area contributed by atoms with Gasteiger partial charge in [0.25, 0.3) is 0 Å². The predicted molar refractivity (Wildman–Crippen MR) is 92.5 cm³/mol. The van der Waals surface area contributed by atoms with Crippen molar-refractivity contribution < 1.29 is 9.59 Å². The van der Waals surface area contributed by atoms with Gasteiger partial charge in [0.1, 0.15) is 0 Å². The molecule has 23 heavy (non-hydrogen) atoms. The Hall–Kier alpha value is -1.88. The number of para-hydroxylation sites is 1. The van der Waals surface area contributed by atoms with E-state index in [1.165, 1.54) is 5.56 Å². The van der Waals surface area contributed by atoms with Gasteiger partial charge in [-0.05, 0) is 45.4 Å². The maximum atomic E-state index is 12.7. The number of carbonyl (C=O) groups is 2. The fourth-order valence-electron chi connectivity index (χ4n) is 3.06. The molecule has 5 heteroatoms. The molecule has 1 atom stereocenters. The van der Waals surface area contributed by atoms with Gasteiger partial charge in [0.15, 0.2) is 0 Å². The van der Waals surface area contributed by atoms with Crippen molar-refractivity contribution in [1.82, 2.24) is 10.2 Å². The first-order valence-corrected chi connectivity index (χ1v) is 8.34. The van der Waals surface area contributed by atoms with Crippen LogP contribution in [0, 0.1) is 0 Å². The van der Waals surface area contributed by atoms with Crippen LogP contribution in [-0.2, 0) is 16.0 Å². The SMILES string of the molecule is CCN(CC(=O)NC(C)C)CC(=O)N1c2ccccc2C[C@@H]1C. The molecule has 0 saturated heterocycles. The molecule has 0 unspecified atom stereocenters. The first kappa shape index (κ1) is 17.5. The van der Waals surface area contributed by atoms with Gasteiger partial charge in [-0.3, -0.25) is 14.5 Å². The van der Waals surface area contributed by atoms with Gasteiger partial charge in [-0.2, -0.15) is 0 Å². The minimum atomic E-state index is -0.0375. The molecule has 1 aromatic rings. The van der Waals surface area contributed by atoms with Crippen LogP contribution in [0.15, 0.2) is 24.3 Å². The Kier molecular flexibility index (Phi) is 5.77. The van der Waals surface area contributed by atoms with E-state index in [0.717, 1.165) is 12.1 Å². The average Bonchev–Trinajstić information content (AvgIpc) is 2.81. The molecule has 126 valence electrons. The molecule has 0 saturated carbocycles. The third kappa shape index (κ3) is 4.32. The number of benzene rings is 1. The van der Waals surface area contributed by atoms with Crippen molar-refractivity contribution in [3.63, 3.8) is 0 Å². The summed E-state index contributed by atoms with van der Waals surface area (Å²) in [7, 11) is 0. The van der Waals surface area contributed by atoms with E-state index in [-0.39, 0.29) is 37.0 Å². The molecule has 1 aliphatic heterocycles. The van der Waals surface area contributed by atoms with Gasteiger partial charge in [-0.1, -0.05) is 25.1 Å². The molecule has 2 rings (SSSR count). The van der Waals surface area contributed by atoms with Crippen LogP contribution >= 0.6 is 0 Å². The van der Waals surface area contributed by atoms with Crippen LogP contribution in [-0.4, -0.2) is 48.4 Å². The number of nitrogens with one attached hydrogen (secondary N) is 1. The quantitative estimate of drug-likeness (QED) is 0.870. The molecule has 1 aromatic carbocycles. The Morgan fingerprint density at radius 2 is 2.00 bits per heavy atom. The highest BCUT2D eigenvalue weighted by Gasteiger charge is 2.31. The Morgan fingerprint density at radius 3 is 2.65 bits per heavy atom. The second-order valence-corrected chi connectivity index (χ2v) is 6.47. The van der Waals surface area contributed by atoms with Gasteiger partial charge < -0.3 is 10.2 Å². The highest BCUT2D eigenvalue weighted by Crippen LogP contribution is 2.31. The smallest absolute Gasteiger partial charge is 0.241 e. The lowest BCUT2D eigenvalue weighted by Crippen LogP contribution is -2.46. The molecule has 5 nitrogen and oxygen atoms in total. The van der Waals surface area contributed by atoms with Crippen LogP contribution in [0.3, 0.4) is 0 Å². The molecule has 0 bridgehead atoms. The van der Waals surface area contributed by atoms with Gasteiger partial charge in [-0.15, -0.1) is 0 Å². The van der Waals surface area contributed by atoms with E-state index >= 15 is 0 Å². The third-order valence-electron chi connectivity index (χ3n) is 4.10. The Morgan fingerprint density at radius 1 is 1.30 bits per heavy atom. The van der Waals surface area contributed by atoms with Gasteiger partial charge in [0.2, 0.25) is 11.8 Å². The van der Waals surface area contributed by atoms with Crippen molar-refractivity contribution in [1.29, 1.82) is 0 Å². The van der Waals surface area contributed by atoms with Crippen LogP contribution in [0.25, 0.3) is 0 Å². The van der Waals surface area contributed by atoms with Gasteiger partial charge in [0, 0.05) is 17.8 Å². The molecular weight excluding hydrogens is 290 g/mol. The zero-order valence-electron chi connectivity index (χ0n) is 14.5. The molecule has 2 amide bonds. The summed E-state index contributed by atoms with van der Waals surface area (Å²) in [5, 5.41) is 2.87. The van der Waals surface area contributed by atoms with Crippen molar-refractivity contribution in [3.05, 3.63) is 29.8 Å². The van der Waals surface area contributed by atoms with E-state index in [1.807, 2.05) is 48.8 Å².